The number of hydrogen-bond acceptors (Lipinski definition) is 4. The highest BCUT2D eigenvalue weighted by Gasteiger charge is 2.16. The van der Waals surface area contributed by atoms with Crippen LogP contribution in [0.5, 0.6) is 0 Å². The third kappa shape index (κ3) is 4.74. The molecule has 3 N–H and O–H groups in total. The molecule has 0 aromatic rings. The van der Waals surface area contributed by atoms with Crippen LogP contribution in [-0.2, 0) is 9.59 Å². The van der Waals surface area contributed by atoms with E-state index < -0.39 is 6.04 Å². The molecule has 6 heteroatoms. The van der Waals surface area contributed by atoms with Crippen LogP contribution in [0, 0.1) is 0 Å². The van der Waals surface area contributed by atoms with Gasteiger partial charge >= 0.3 is 0 Å². The van der Waals surface area contributed by atoms with Crippen LogP contribution in [0.15, 0.2) is 0 Å². The zero-order chi connectivity index (χ0) is 10.3. The Morgan fingerprint density at radius 2 is 2.00 bits per heavy atom. The van der Waals surface area contributed by atoms with Gasteiger partial charge in [0.1, 0.15) is 6.04 Å². The second-order valence-electron chi connectivity index (χ2n) is 2.45. The molecular weight excluding hydrogens is 190 g/mol. The van der Waals surface area contributed by atoms with E-state index >= 15 is 0 Å². The van der Waals surface area contributed by atoms with Crippen LogP contribution in [0.4, 0.5) is 0 Å². The standard InChI is InChI=1S/C7H15N3O2S/c1-8-3-6(11)10-5(4-13)7(12)9-2/h5,8,13H,3-4H2,1-2H3,(H,9,12)(H,10,11)/t5-/m1/s1. The minimum atomic E-state index is -0.561. The molecule has 2 amide bonds. The van der Waals surface area contributed by atoms with Gasteiger partial charge in [-0.3, -0.25) is 9.59 Å². The number of nitrogens with one attached hydrogen (secondary N) is 3. The summed E-state index contributed by atoms with van der Waals surface area (Å²) in [6, 6.07) is -0.561. The molecule has 0 aliphatic heterocycles. The van der Waals surface area contributed by atoms with Crippen molar-refractivity contribution in [3.63, 3.8) is 0 Å². The van der Waals surface area contributed by atoms with E-state index in [0.717, 1.165) is 0 Å². The van der Waals surface area contributed by atoms with Crippen molar-refractivity contribution < 1.29 is 9.59 Å². The highest BCUT2D eigenvalue weighted by molar-refractivity contribution is 7.80. The average molecular weight is 205 g/mol. The summed E-state index contributed by atoms with van der Waals surface area (Å²) in [7, 11) is 3.18. The number of amides is 2. The molecule has 0 unspecified atom stereocenters. The molecule has 0 saturated carbocycles. The molecule has 0 aliphatic carbocycles. The van der Waals surface area contributed by atoms with Crippen LogP contribution in [0.2, 0.25) is 0 Å². The molecule has 0 aliphatic rings. The molecule has 5 nitrogen and oxygen atoms in total. The Hall–Kier alpha value is -0.750. The summed E-state index contributed by atoms with van der Waals surface area (Å²) in [5, 5.41) is 7.65. The molecule has 0 aromatic heterocycles. The largest absolute Gasteiger partial charge is 0.357 e. The lowest BCUT2D eigenvalue weighted by molar-refractivity contribution is -0.127. The third-order valence-electron chi connectivity index (χ3n) is 1.42. The number of thiol groups is 1. The molecule has 1 atom stereocenters. The number of hydrogen-bond donors (Lipinski definition) is 4. The first-order valence-corrected chi connectivity index (χ1v) is 4.55. The molecule has 0 bridgehead atoms. The molecule has 0 fully saturated rings. The minimum absolute atomic E-state index is 0.196. The zero-order valence-corrected chi connectivity index (χ0v) is 8.65. The van der Waals surface area contributed by atoms with Gasteiger partial charge in [-0.1, -0.05) is 0 Å². The lowest BCUT2D eigenvalue weighted by atomic mass is 10.3. The summed E-state index contributed by atoms with van der Waals surface area (Å²) in [4.78, 5) is 22.1. The van der Waals surface area contributed by atoms with Gasteiger partial charge < -0.3 is 16.0 Å². The second kappa shape index (κ2) is 6.73. The molecule has 0 spiro atoms. The Kier molecular flexibility index (Phi) is 6.34. The fourth-order valence-corrected chi connectivity index (χ4v) is 1.03. The van der Waals surface area contributed by atoms with Crippen LogP contribution in [-0.4, -0.2) is 44.2 Å². The Bertz CT molecular complexity index is 187. The molecule has 0 heterocycles. The summed E-state index contributed by atoms with van der Waals surface area (Å²) >= 11 is 3.96. The van der Waals surface area contributed by atoms with E-state index in [0.29, 0.717) is 0 Å². The van der Waals surface area contributed by atoms with Crippen molar-refractivity contribution in [1.82, 2.24) is 16.0 Å². The van der Waals surface area contributed by atoms with Crippen molar-refractivity contribution in [3.05, 3.63) is 0 Å². The van der Waals surface area contributed by atoms with E-state index in [4.69, 9.17) is 0 Å². The van der Waals surface area contributed by atoms with Gasteiger partial charge in [0.25, 0.3) is 0 Å². The zero-order valence-electron chi connectivity index (χ0n) is 7.76. The Labute approximate surface area is 83.1 Å². The van der Waals surface area contributed by atoms with Gasteiger partial charge in [0.2, 0.25) is 11.8 Å². The Balaban J connectivity index is 3.97. The molecular formula is C7H15N3O2S. The highest BCUT2D eigenvalue weighted by atomic mass is 32.1. The summed E-state index contributed by atoms with van der Waals surface area (Å²) in [6.45, 7) is 0.196. The predicted molar refractivity (Wildman–Crippen MR) is 53.8 cm³/mol. The summed E-state index contributed by atoms with van der Waals surface area (Å²) in [5.74, 6) is -0.167. The van der Waals surface area contributed by atoms with Crippen molar-refractivity contribution in [1.29, 1.82) is 0 Å². The van der Waals surface area contributed by atoms with Gasteiger partial charge in [-0.25, -0.2) is 0 Å². The quantitative estimate of drug-likeness (QED) is 0.407. The summed E-state index contributed by atoms with van der Waals surface area (Å²) in [5.41, 5.74) is 0. The van der Waals surface area contributed by atoms with E-state index in [1.165, 1.54) is 7.05 Å². The first-order chi connectivity index (χ1) is 6.15. The van der Waals surface area contributed by atoms with E-state index in [1.807, 2.05) is 0 Å². The molecule has 0 saturated heterocycles. The second-order valence-corrected chi connectivity index (χ2v) is 2.81. The minimum Gasteiger partial charge on any atom is -0.357 e. The first-order valence-electron chi connectivity index (χ1n) is 3.92. The SMILES string of the molecule is CNCC(=O)N[C@H](CS)C(=O)NC. The maximum atomic E-state index is 11.1. The van der Waals surface area contributed by atoms with Gasteiger partial charge in [-0.05, 0) is 7.05 Å². The lowest BCUT2D eigenvalue weighted by Crippen LogP contribution is -2.48. The van der Waals surface area contributed by atoms with Crippen molar-refractivity contribution >= 4 is 24.4 Å². The lowest BCUT2D eigenvalue weighted by Gasteiger charge is -2.14. The van der Waals surface area contributed by atoms with Crippen LogP contribution in [0.1, 0.15) is 0 Å². The monoisotopic (exact) mass is 205 g/mol. The summed E-state index contributed by atoms with van der Waals surface area (Å²) < 4.78 is 0. The maximum absolute atomic E-state index is 11.1. The molecule has 76 valence electrons. The van der Waals surface area contributed by atoms with E-state index in [2.05, 4.69) is 28.6 Å². The summed E-state index contributed by atoms with van der Waals surface area (Å²) in [6.07, 6.45) is 0. The number of likely N-dealkylation sites (N-methyl/N-ethyl adjacent to an activating group) is 2. The van der Waals surface area contributed by atoms with Crippen LogP contribution >= 0.6 is 12.6 Å². The van der Waals surface area contributed by atoms with Gasteiger partial charge in [-0.15, -0.1) is 0 Å². The highest BCUT2D eigenvalue weighted by Crippen LogP contribution is 1.87. The third-order valence-corrected chi connectivity index (χ3v) is 1.78. The van der Waals surface area contributed by atoms with E-state index in [9.17, 15) is 9.59 Å². The average Bonchev–Trinajstić information content (AvgIpc) is 2.13. The smallest absolute Gasteiger partial charge is 0.243 e. The van der Waals surface area contributed by atoms with Crippen molar-refractivity contribution in [3.8, 4) is 0 Å². The normalized spacial score (nSPS) is 11.9. The molecule has 13 heavy (non-hydrogen) atoms. The van der Waals surface area contributed by atoms with E-state index in [-0.39, 0.29) is 24.1 Å². The Morgan fingerprint density at radius 1 is 1.38 bits per heavy atom. The van der Waals surface area contributed by atoms with Gasteiger partial charge in [0.15, 0.2) is 0 Å². The van der Waals surface area contributed by atoms with Crippen LogP contribution < -0.4 is 16.0 Å². The van der Waals surface area contributed by atoms with Crippen molar-refractivity contribution in [2.45, 2.75) is 6.04 Å². The predicted octanol–water partition coefficient (Wildman–Crippen LogP) is -1.63. The molecule has 0 aromatic carbocycles. The maximum Gasteiger partial charge on any atom is 0.243 e. The van der Waals surface area contributed by atoms with Crippen molar-refractivity contribution in [2.24, 2.45) is 0 Å². The molecule has 0 rings (SSSR count). The van der Waals surface area contributed by atoms with Gasteiger partial charge in [0.05, 0.1) is 6.54 Å². The number of carbonyl (C=O) groups excluding carboxylic acids is 2. The number of carbonyl (C=O) groups is 2. The topological polar surface area (TPSA) is 70.2 Å². The van der Waals surface area contributed by atoms with Crippen molar-refractivity contribution in [2.75, 3.05) is 26.4 Å². The van der Waals surface area contributed by atoms with Crippen LogP contribution in [0.3, 0.4) is 0 Å². The van der Waals surface area contributed by atoms with Crippen LogP contribution in [0.25, 0.3) is 0 Å². The fraction of sp³-hybridized carbons (Fsp3) is 0.714. The van der Waals surface area contributed by atoms with Gasteiger partial charge in [-0.2, -0.15) is 12.6 Å². The van der Waals surface area contributed by atoms with Gasteiger partial charge in [0, 0.05) is 12.8 Å². The Morgan fingerprint density at radius 3 is 2.38 bits per heavy atom. The van der Waals surface area contributed by atoms with E-state index in [1.54, 1.807) is 7.05 Å². The number of rotatable bonds is 5. The fourth-order valence-electron chi connectivity index (χ4n) is 0.774. The first kappa shape index (κ1) is 12.2. The molecule has 0 radical (unpaired) electrons.